The van der Waals surface area contributed by atoms with Crippen molar-refractivity contribution in [3.05, 3.63) is 24.5 Å². The first-order valence-electron chi connectivity index (χ1n) is 4.09. The smallest absolute Gasteiger partial charge is 0.0284 e. The van der Waals surface area contributed by atoms with E-state index in [-0.39, 0.29) is 0 Å². The van der Waals surface area contributed by atoms with E-state index in [4.69, 9.17) is 0 Å². The van der Waals surface area contributed by atoms with Gasteiger partial charge in [-0.2, -0.15) is 5.10 Å². The highest BCUT2D eigenvalue weighted by molar-refractivity contribution is 5.56. The molecular weight excluding hydrogens is 136 g/mol. The van der Waals surface area contributed by atoms with Crippen LogP contribution >= 0.6 is 0 Å². The van der Waals surface area contributed by atoms with Crippen LogP contribution in [0.4, 0.5) is 0 Å². The van der Waals surface area contributed by atoms with Crippen molar-refractivity contribution >= 4 is 6.21 Å². The molecule has 0 saturated heterocycles. The number of nitrogens with zero attached hydrogens (tertiary/aromatic N) is 2. The van der Waals surface area contributed by atoms with E-state index >= 15 is 0 Å². The van der Waals surface area contributed by atoms with Crippen molar-refractivity contribution < 1.29 is 0 Å². The van der Waals surface area contributed by atoms with Crippen LogP contribution in [-0.2, 0) is 0 Å². The van der Waals surface area contributed by atoms with Crippen LogP contribution in [-0.4, -0.2) is 10.9 Å². The van der Waals surface area contributed by atoms with Gasteiger partial charge in [0.05, 0.1) is 0 Å². The molecular formula is C9H14N2. The van der Waals surface area contributed by atoms with Gasteiger partial charge in [0.1, 0.15) is 0 Å². The highest BCUT2D eigenvalue weighted by Crippen LogP contribution is 1.92. The predicted octanol–water partition coefficient (Wildman–Crippen LogP) is 2.51. The molecule has 0 fully saturated rings. The average Bonchev–Trinajstić information content (AvgIpc) is 2.50. The van der Waals surface area contributed by atoms with Crippen molar-refractivity contribution in [2.45, 2.75) is 26.2 Å². The maximum Gasteiger partial charge on any atom is 0.0284 e. The normalized spacial score (nSPS) is 11.0. The van der Waals surface area contributed by atoms with Crippen molar-refractivity contribution in [2.24, 2.45) is 5.10 Å². The van der Waals surface area contributed by atoms with Gasteiger partial charge in [0.15, 0.2) is 0 Å². The summed E-state index contributed by atoms with van der Waals surface area (Å²) in [6.45, 7) is 2.18. The molecule has 0 unspecified atom stereocenters. The molecule has 0 amide bonds. The van der Waals surface area contributed by atoms with Crippen LogP contribution < -0.4 is 0 Å². The second-order valence-corrected chi connectivity index (χ2v) is 2.50. The first kappa shape index (κ1) is 8.05. The Kier molecular flexibility index (Phi) is 3.45. The van der Waals surface area contributed by atoms with Crippen molar-refractivity contribution in [1.82, 2.24) is 4.68 Å². The van der Waals surface area contributed by atoms with Gasteiger partial charge in [0, 0.05) is 18.6 Å². The molecule has 0 saturated carbocycles. The van der Waals surface area contributed by atoms with E-state index in [0.717, 1.165) is 6.42 Å². The SMILES string of the molecule is CCCC/C=N\n1cccc1. The fourth-order valence-electron chi connectivity index (χ4n) is 0.850. The van der Waals surface area contributed by atoms with Crippen molar-refractivity contribution in [3.8, 4) is 0 Å². The van der Waals surface area contributed by atoms with Crippen molar-refractivity contribution in [3.63, 3.8) is 0 Å². The molecule has 1 rings (SSSR count). The van der Waals surface area contributed by atoms with E-state index in [2.05, 4.69) is 12.0 Å². The van der Waals surface area contributed by atoms with Crippen LogP contribution in [0.1, 0.15) is 26.2 Å². The van der Waals surface area contributed by atoms with Gasteiger partial charge in [0.25, 0.3) is 0 Å². The lowest BCUT2D eigenvalue weighted by Crippen LogP contribution is -1.83. The quantitative estimate of drug-likeness (QED) is 0.463. The molecule has 0 spiro atoms. The summed E-state index contributed by atoms with van der Waals surface area (Å²) in [6, 6.07) is 3.94. The molecule has 2 nitrogen and oxygen atoms in total. The molecule has 0 radical (unpaired) electrons. The van der Waals surface area contributed by atoms with E-state index in [1.54, 1.807) is 0 Å². The largest absolute Gasteiger partial charge is 0.249 e. The Morgan fingerprint density at radius 3 is 2.73 bits per heavy atom. The van der Waals surface area contributed by atoms with Crippen LogP contribution in [0.5, 0.6) is 0 Å². The third-order valence-electron chi connectivity index (χ3n) is 1.49. The average molecular weight is 150 g/mol. The third kappa shape index (κ3) is 3.03. The molecule has 1 aromatic heterocycles. The first-order valence-corrected chi connectivity index (χ1v) is 4.09. The van der Waals surface area contributed by atoms with Gasteiger partial charge in [-0.05, 0) is 25.0 Å². The standard InChI is InChI=1S/C9H14N2/c1-2-3-4-7-10-11-8-5-6-9-11/h5-9H,2-4H2,1H3/b10-7-. The molecule has 60 valence electrons. The fraction of sp³-hybridized carbons (Fsp3) is 0.444. The Morgan fingerprint density at radius 2 is 2.09 bits per heavy atom. The molecule has 0 aliphatic carbocycles. The summed E-state index contributed by atoms with van der Waals surface area (Å²) in [5, 5.41) is 4.20. The molecule has 0 aromatic carbocycles. The third-order valence-corrected chi connectivity index (χ3v) is 1.49. The molecule has 0 N–H and O–H groups in total. The lowest BCUT2D eigenvalue weighted by atomic mass is 10.3. The second kappa shape index (κ2) is 4.72. The summed E-state index contributed by atoms with van der Waals surface area (Å²) in [6.07, 6.45) is 9.37. The van der Waals surface area contributed by atoms with Gasteiger partial charge < -0.3 is 0 Å². The van der Waals surface area contributed by atoms with Crippen LogP contribution in [0.15, 0.2) is 29.6 Å². The molecule has 11 heavy (non-hydrogen) atoms. The van der Waals surface area contributed by atoms with Gasteiger partial charge in [-0.3, -0.25) is 0 Å². The van der Waals surface area contributed by atoms with Crippen LogP contribution in [0.3, 0.4) is 0 Å². The summed E-state index contributed by atoms with van der Waals surface area (Å²) in [7, 11) is 0. The Morgan fingerprint density at radius 1 is 1.36 bits per heavy atom. The van der Waals surface area contributed by atoms with Gasteiger partial charge in [-0.25, -0.2) is 4.68 Å². The molecule has 0 aliphatic heterocycles. The lowest BCUT2D eigenvalue weighted by molar-refractivity contribution is 0.825. The Labute approximate surface area is 67.5 Å². The van der Waals surface area contributed by atoms with E-state index in [1.807, 2.05) is 35.4 Å². The minimum atomic E-state index is 1.08. The molecule has 0 aliphatic rings. The van der Waals surface area contributed by atoms with E-state index < -0.39 is 0 Å². The molecule has 2 heteroatoms. The number of rotatable bonds is 4. The fourth-order valence-corrected chi connectivity index (χ4v) is 0.850. The maximum absolute atomic E-state index is 4.20. The van der Waals surface area contributed by atoms with Crippen LogP contribution in [0, 0.1) is 0 Å². The Hall–Kier alpha value is -1.05. The van der Waals surface area contributed by atoms with Crippen LogP contribution in [0.2, 0.25) is 0 Å². The van der Waals surface area contributed by atoms with E-state index in [0.29, 0.717) is 0 Å². The minimum absolute atomic E-state index is 1.08. The maximum atomic E-state index is 4.20. The summed E-state index contributed by atoms with van der Waals surface area (Å²) in [5.41, 5.74) is 0. The molecule has 0 bridgehead atoms. The highest BCUT2D eigenvalue weighted by atomic mass is 15.3. The minimum Gasteiger partial charge on any atom is -0.249 e. The zero-order valence-electron chi connectivity index (χ0n) is 6.90. The topological polar surface area (TPSA) is 17.3 Å². The summed E-state index contributed by atoms with van der Waals surface area (Å²) in [5.74, 6) is 0. The zero-order valence-corrected chi connectivity index (χ0v) is 6.90. The van der Waals surface area contributed by atoms with Gasteiger partial charge >= 0.3 is 0 Å². The Bertz CT molecular complexity index is 199. The first-order chi connectivity index (χ1) is 5.43. The highest BCUT2D eigenvalue weighted by Gasteiger charge is 1.80. The van der Waals surface area contributed by atoms with Gasteiger partial charge in [-0.15, -0.1) is 0 Å². The number of hydrogen-bond acceptors (Lipinski definition) is 1. The number of aromatic nitrogens is 1. The predicted molar refractivity (Wildman–Crippen MR) is 47.8 cm³/mol. The molecule has 1 aromatic rings. The summed E-state index contributed by atoms with van der Waals surface area (Å²) in [4.78, 5) is 0. The van der Waals surface area contributed by atoms with Gasteiger partial charge in [0.2, 0.25) is 0 Å². The number of unbranched alkanes of at least 4 members (excludes halogenated alkanes) is 2. The monoisotopic (exact) mass is 150 g/mol. The Balaban J connectivity index is 2.25. The summed E-state index contributed by atoms with van der Waals surface area (Å²) < 4.78 is 1.82. The van der Waals surface area contributed by atoms with Crippen molar-refractivity contribution in [1.29, 1.82) is 0 Å². The van der Waals surface area contributed by atoms with Crippen LogP contribution in [0.25, 0.3) is 0 Å². The zero-order chi connectivity index (χ0) is 7.94. The summed E-state index contributed by atoms with van der Waals surface area (Å²) >= 11 is 0. The lowest BCUT2D eigenvalue weighted by Gasteiger charge is -1.90. The van der Waals surface area contributed by atoms with E-state index in [1.165, 1.54) is 12.8 Å². The second-order valence-electron chi connectivity index (χ2n) is 2.50. The molecule has 0 atom stereocenters. The van der Waals surface area contributed by atoms with E-state index in [9.17, 15) is 0 Å². The van der Waals surface area contributed by atoms with Crippen molar-refractivity contribution in [2.75, 3.05) is 0 Å². The molecule has 1 heterocycles. The van der Waals surface area contributed by atoms with Gasteiger partial charge in [-0.1, -0.05) is 13.3 Å². The number of hydrogen-bond donors (Lipinski definition) is 0.